The van der Waals surface area contributed by atoms with Crippen LogP contribution in [0, 0.1) is 0 Å². The van der Waals surface area contributed by atoms with Crippen LogP contribution in [0.4, 0.5) is 4.79 Å². The van der Waals surface area contributed by atoms with E-state index in [1.54, 1.807) is 19.1 Å². The molecule has 0 bridgehead atoms. The van der Waals surface area contributed by atoms with Crippen LogP contribution in [-0.2, 0) is 4.79 Å². The summed E-state index contributed by atoms with van der Waals surface area (Å²) in [6, 6.07) is 5.36. The molecule has 7 heteroatoms. The van der Waals surface area contributed by atoms with E-state index >= 15 is 0 Å². The minimum absolute atomic E-state index is 0.0420. The quantitative estimate of drug-likeness (QED) is 0.836. The number of benzene rings is 1. The highest BCUT2D eigenvalue weighted by Gasteiger charge is 2.30. The van der Waals surface area contributed by atoms with E-state index in [1.807, 2.05) is 18.2 Å². The lowest BCUT2D eigenvalue weighted by Crippen LogP contribution is -2.40. The highest BCUT2D eigenvalue weighted by atomic mass is 16.5. The lowest BCUT2D eigenvalue weighted by atomic mass is 10.0. The largest absolute Gasteiger partial charge is 0.493 e. The molecular formula is C16H22N2O5. The van der Waals surface area contributed by atoms with Gasteiger partial charge in [0.05, 0.1) is 26.7 Å². The Morgan fingerprint density at radius 1 is 1.30 bits per heavy atom. The van der Waals surface area contributed by atoms with Crippen LogP contribution in [0.2, 0.25) is 0 Å². The topological polar surface area (TPSA) is 88.1 Å². The highest BCUT2D eigenvalue weighted by Crippen LogP contribution is 2.36. The van der Waals surface area contributed by atoms with Crippen LogP contribution in [-0.4, -0.2) is 49.3 Å². The smallest absolute Gasteiger partial charge is 0.317 e. The van der Waals surface area contributed by atoms with Crippen LogP contribution in [0.5, 0.6) is 11.5 Å². The molecule has 0 saturated carbocycles. The standard InChI is InChI=1S/C16H22N2O5/c1-22-13-6-5-11(10-14(13)23-2)12-4-3-9-18(12)16(21)17-8-7-15(19)20/h5-6,10,12H,3-4,7-9H2,1-2H3,(H,17,21)(H,19,20). The third-order valence-corrected chi connectivity index (χ3v) is 3.92. The average Bonchev–Trinajstić information content (AvgIpc) is 3.03. The van der Waals surface area contributed by atoms with Crippen molar-refractivity contribution < 1.29 is 24.2 Å². The van der Waals surface area contributed by atoms with Crippen LogP contribution < -0.4 is 14.8 Å². The highest BCUT2D eigenvalue weighted by molar-refractivity contribution is 5.76. The first kappa shape index (κ1) is 16.9. The first-order valence-electron chi connectivity index (χ1n) is 7.55. The number of carbonyl (C=O) groups excluding carboxylic acids is 1. The minimum Gasteiger partial charge on any atom is -0.493 e. The molecule has 1 aromatic carbocycles. The first-order valence-corrected chi connectivity index (χ1v) is 7.55. The van der Waals surface area contributed by atoms with Crippen LogP contribution >= 0.6 is 0 Å². The fraction of sp³-hybridized carbons (Fsp3) is 0.500. The number of hydrogen-bond acceptors (Lipinski definition) is 4. The van der Waals surface area contributed by atoms with Gasteiger partial charge in [-0.2, -0.15) is 0 Å². The van der Waals surface area contributed by atoms with Crippen molar-refractivity contribution in [1.82, 2.24) is 10.2 Å². The van der Waals surface area contributed by atoms with Crippen LogP contribution in [0.25, 0.3) is 0 Å². The molecule has 1 atom stereocenters. The van der Waals surface area contributed by atoms with Gasteiger partial charge in [0.1, 0.15) is 0 Å². The molecular weight excluding hydrogens is 300 g/mol. The van der Waals surface area contributed by atoms with Gasteiger partial charge in [0.15, 0.2) is 11.5 Å². The third kappa shape index (κ3) is 4.06. The van der Waals surface area contributed by atoms with E-state index in [1.165, 1.54) is 0 Å². The van der Waals surface area contributed by atoms with Crippen molar-refractivity contribution >= 4 is 12.0 Å². The Hall–Kier alpha value is -2.44. The molecule has 0 radical (unpaired) electrons. The van der Waals surface area contributed by atoms with Crippen molar-refractivity contribution in [2.24, 2.45) is 0 Å². The summed E-state index contributed by atoms with van der Waals surface area (Å²) in [5.41, 5.74) is 0.980. The van der Waals surface area contributed by atoms with Gasteiger partial charge in [0, 0.05) is 13.1 Å². The number of amides is 2. The van der Waals surface area contributed by atoms with Gasteiger partial charge in [-0.3, -0.25) is 4.79 Å². The summed E-state index contributed by atoms with van der Waals surface area (Å²) < 4.78 is 10.5. The van der Waals surface area contributed by atoms with Gasteiger partial charge in [-0.1, -0.05) is 6.07 Å². The molecule has 1 unspecified atom stereocenters. The molecule has 1 heterocycles. The summed E-state index contributed by atoms with van der Waals surface area (Å²) in [5.74, 6) is 0.345. The normalized spacial score (nSPS) is 17.0. The number of carbonyl (C=O) groups is 2. The van der Waals surface area contributed by atoms with E-state index in [0.717, 1.165) is 18.4 Å². The SMILES string of the molecule is COc1ccc(C2CCCN2C(=O)NCCC(=O)O)cc1OC. The summed E-state index contributed by atoms with van der Waals surface area (Å²) >= 11 is 0. The first-order chi connectivity index (χ1) is 11.1. The zero-order chi connectivity index (χ0) is 16.8. The third-order valence-electron chi connectivity index (χ3n) is 3.92. The van der Waals surface area contributed by atoms with Gasteiger partial charge >= 0.3 is 12.0 Å². The molecule has 0 aliphatic carbocycles. The second-order valence-electron chi connectivity index (χ2n) is 5.34. The van der Waals surface area contributed by atoms with Gasteiger partial charge in [0.25, 0.3) is 0 Å². The predicted molar refractivity (Wildman–Crippen MR) is 83.9 cm³/mol. The molecule has 2 N–H and O–H groups in total. The number of carboxylic acid groups (broad SMARTS) is 1. The molecule has 1 aliphatic heterocycles. The maximum atomic E-state index is 12.3. The number of hydrogen-bond donors (Lipinski definition) is 2. The van der Waals surface area contributed by atoms with Crippen LogP contribution in [0.15, 0.2) is 18.2 Å². The second kappa shape index (κ2) is 7.71. The predicted octanol–water partition coefficient (Wildman–Crippen LogP) is 2.03. The Bertz CT molecular complexity index is 576. The van der Waals surface area contributed by atoms with Crippen molar-refractivity contribution in [2.45, 2.75) is 25.3 Å². The Morgan fingerprint density at radius 3 is 2.70 bits per heavy atom. The maximum Gasteiger partial charge on any atom is 0.317 e. The number of nitrogens with one attached hydrogen (secondary N) is 1. The number of nitrogens with zero attached hydrogens (tertiary/aromatic N) is 1. The van der Waals surface area contributed by atoms with Gasteiger partial charge in [-0.25, -0.2) is 4.79 Å². The Morgan fingerprint density at radius 2 is 2.04 bits per heavy atom. The van der Waals surface area contributed by atoms with Gasteiger partial charge in [-0.05, 0) is 30.5 Å². The number of rotatable bonds is 6. The van der Waals surface area contributed by atoms with Crippen LogP contribution in [0.3, 0.4) is 0 Å². The number of aliphatic carboxylic acids is 1. The Balaban J connectivity index is 2.09. The van der Waals surface area contributed by atoms with E-state index in [2.05, 4.69) is 5.32 Å². The summed E-state index contributed by atoms with van der Waals surface area (Å²) in [5, 5.41) is 11.3. The van der Waals surface area contributed by atoms with Crippen LogP contribution in [0.1, 0.15) is 30.9 Å². The minimum atomic E-state index is -0.928. The van der Waals surface area contributed by atoms with Crippen molar-refractivity contribution in [1.29, 1.82) is 0 Å². The number of methoxy groups -OCH3 is 2. The summed E-state index contributed by atoms with van der Waals surface area (Å²) in [4.78, 5) is 24.5. The Kier molecular flexibility index (Phi) is 5.67. The molecule has 2 amide bonds. The van der Waals surface area contributed by atoms with Gasteiger partial charge in [0.2, 0.25) is 0 Å². The molecule has 23 heavy (non-hydrogen) atoms. The molecule has 1 saturated heterocycles. The zero-order valence-corrected chi connectivity index (χ0v) is 13.4. The number of likely N-dealkylation sites (tertiary alicyclic amines) is 1. The summed E-state index contributed by atoms with van der Waals surface area (Å²) in [6.45, 7) is 0.779. The second-order valence-corrected chi connectivity index (χ2v) is 5.34. The van der Waals surface area contributed by atoms with E-state index in [4.69, 9.17) is 14.6 Å². The van der Waals surface area contributed by atoms with E-state index < -0.39 is 5.97 Å². The number of carboxylic acids is 1. The summed E-state index contributed by atoms with van der Waals surface area (Å²) in [6.07, 6.45) is 1.69. The van der Waals surface area contributed by atoms with Crippen molar-refractivity contribution in [2.75, 3.05) is 27.3 Å². The van der Waals surface area contributed by atoms with Crippen molar-refractivity contribution in [3.05, 3.63) is 23.8 Å². The van der Waals surface area contributed by atoms with Crippen molar-refractivity contribution in [3.8, 4) is 11.5 Å². The maximum absolute atomic E-state index is 12.3. The summed E-state index contributed by atoms with van der Waals surface area (Å²) in [7, 11) is 3.15. The zero-order valence-electron chi connectivity index (χ0n) is 13.4. The lowest BCUT2D eigenvalue weighted by Gasteiger charge is -2.25. The molecule has 0 spiro atoms. The van der Waals surface area contributed by atoms with E-state index in [0.29, 0.717) is 18.0 Å². The van der Waals surface area contributed by atoms with Gasteiger partial charge in [-0.15, -0.1) is 0 Å². The fourth-order valence-corrected chi connectivity index (χ4v) is 2.79. The molecule has 1 fully saturated rings. The number of ether oxygens (including phenoxy) is 2. The van der Waals surface area contributed by atoms with Crippen molar-refractivity contribution in [3.63, 3.8) is 0 Å². The fourth-order valence-electron chi connectivity index (χ4n) is 2.79. The molecule has 0 aromatic heterocycles. The Labute approximate surface area is 135 Å². The lowest BCUT2D eigenvalue weighted by molar-refractivity contribution is -0.136. The molecule has 7 nitrogen and oxygen atoms in total. The van der Waals surface area contributed by atoms with E-state index in [9.17, 15) is 9.59 Å². The van der Waals surface area contributed by atoms with Gasteiger partial charge < -0.3 is 24.8 Å². The molecule has 2 rings (SSSR count). The monoisotopic (exact) mass is 322 g/mol. The molecule has 1 aliphatic rings. The average molecular weight is 322 g/mol. The molecule has 126 valence electrons. The molecule has 1 aromatic rings. The van der Waals surface area contributed by atoms with E-state index in [-0.39, 0.29) is 25.0 Å². The number of urea groups is 1.